The highest BCUT2D eigenvalue weighted by molar-refractivity contribution is 7.80. The van der Waals surface area contributed by atoms with Gasteiger partial charge in [0.25, 0.3) is 11.8 Å². The molecule has 0 aliphatic carbocycles. The molecule has 0 spiro atoms. The summed E-state index contributed by atoms with van der Waals surface area (Å²) in [7, 11) is 2.06. The molecule has 1 heterocycles. The molecular formula is C27H36N4O3S. The third-order valence-electron chi connectivity index (χ3n) is 6.02. The van der Waals surface area contributed by atoms with Crippen LogP contribution in [0.25, 0.3) is 0 Å². The highest BCUT2D eigenvalue weighted by Crippen LogP contribution is 2.15. The standard InChI is InChI=1S/C27H36N4O3S/c1-3-4-5-6-7-19-34-24-13-11-21(12-14-24)25(32)29-27(35)28-23-10-8-9-22(20-23)26(33)31-17-15-30(2)16-18-31/h8-14,20H,3-7,15-19H2,1-2H3,(H2,28,29,32,35). The van der Waals surface area contributed by atoms with E-state index in [1.165, 1.54) is 25.7 Å². The number of rotatable bonds is 10. The lowest BCUT2D eigenvalue weighted by Crippen LogP contribution is -2.47. The number of carbonyl (C=O) groups is 2. The molecule has 0 bridgehead atoms. The maximum atomic E-state index is 12.8. The van der Waals surface area contributed by atoms with Gasteiger partial charge in [0.05, 0.1) is 6.61 Å². The number of likely N-dealkylation sites (N-methyl/N-ethyl adjacent to an activating group) is 1. The van der Waals surface area contributed by atoms with E-state index in [0.717, 1.165) is 25.3 Å². The van der Waals surface area contributed by atoms with Gasteiger partial charge < -0.3 is 19.9 Å². The highest BCUT2D eigenvalue weighted by Gasteiger charge is 2.20. The maximum Gasteiger partial charge on any atom is 0.257 e. The van der Waals surface area contributed by atoms with Gasteiger partial charge >= 0.3 is 0 Å². The van der Waals surface area contributed by atoms with E-state index in [0.29, 0.717) is 36.5 Å². The third-order valence-corrected chi connectivity index (χ3v) is 6.22. The van der Waals surface area contributed by atoms with Crippen molar-refractivity contribution in [2.45, 2.75) is 39.0 Å². The Labute approximate surface area is 213 Å². The van der Waals surface area contributed by atoms with Crippen molar-refractivity contribution in [3.63, 3.8) is 0 Å². The summed E-state index contributed by atoms with van der Waals surface area (Å²) in [5, 5.41) is 5.87. The summed E-state index contributed by atoms with van der Waals surface area (Å²) in [5.41, 5.74) is 1.73. The Hall–Kier alpha value is -2.97. The number of benzene rings is 2. The number of ether oxygens (including phenoxy) is 1. The summed E-state index contributed by atoms with van der Waals surface area (Å²) >= 11 is 5.32. The first-order valence-corrected chi connectivity index (χ1v) is 12.8. The van der Waals surface area contributed by atoms with Crippen LogP contribution in [0.3, 0.4) is 0 Å². The molecule has 35 heavy (non-hydrogen) atoms. The van der Waals surface area contributed by atoms with Crippen LogP contribution >= 0.6 is 12.2 Å². The van der Waals surface area contributed by atoms with Gasteiger partial charge in [-0.2, -0.15) is 0 Å². The van der Waals surface area contributed by atoms with E-state index in [1.54, 1.807) is 42.5 Å². The van der Waals surface area contributed by atoms with E-state index in [9.17, 15) is 9.59 Å². The molecule has 7 nitrogen and oxygen atoms in total. The predicted octanol–water partition coefficient (Wildman–Crippen LogP) is 4.55. The summed E-state index contributed by atoms with van der Waals surface area (Å²) in [6.07, 6.45) is 5.94. The summed E-state index contributed by atoms with van der Waals surface area (Å²) in [6.45, 7) is 6.04. The predicted molar refractivity (Wildman–Crippen MR) is 144 cm³/mol. The Morgan fingerprint density at radius 2 is 1.66 bits per heavy atom. The Morgan fingerprint density at radius 3 is 2.37 bits per heavy atom. The van der Waals surface area contributed by atoms with E-state index < -0.39 is 0 Å². The van der Waals surface area contributed by atoms with Gasteiger partial charge in [0, 0.05) is 43.0 Å². The van der Waals surface area contributed by atoms with Crippen molar-refractivity contribution in [3.8, 4) is 5.75 Å². The lowest BCUT2D eigenvalue weighted by molar-refractivity contribution is 0.0664. The summed E-state index contributed by atoms with van der Waals surface area (Å²) in [5.74, 6) is 0.442. The molecule has 1 fully saturated rings. The first kappa shape index (κ1) is 26.6. The average Bonchev–Trinajstić information content (AvgIpc) is 2.86. The Balaban J connectivity index is 1.46. The number of unbranched alkanes of at least 4 members (excludes halogenated alkanes) is 4. The smallest absolute Gasteiger partial charge is 0.257 e. The third kappa shape index (κ3) is 8.64. The fourth-order valence-corrected chi connectivity index (χ4v) is 4.07. The molecule has 1 aliphatic rings. The topological polar surface area (TPSA) is 73.9 Å². The number of hydrogen-bond donors (Lipinski definition) is 2. The molecule has 1 aliphatic heterocycles. The molecule has 0 atom stereocenters. The minimum Gasteiger partial charge on any atom is -0.494 e. The highest BCUT2D eigenvalue weighted by atomic mass is 32.1. The monoisotopic (exact) mass is 496 g/mol. The second-order valence-corrected chi connectivity index (χ2v) is 9.28. The van der Waals surface area contributed by atoms with Crippen LogP contribution in [0.4, 0.5) is 5.69 Å². The van der Waals surface area contributed by atoms with Crippen LogP contribution in [0.1, 0.15) is 59.7 Å². The van der Waals surface area contributed by atoms with Gasteiger partial charge in [-0.25, -0.2) is 0 Å². The van der Waals surface area contributed by atoms with E-state index in [1.807, 2.05) is 11.0 Å². The number of piperazine rings is 1. The average molecular weight is 497 g/mol. The summed E-state index contributed by atoms with van der Waals surface area (Å²) in [6, 6.07) is 14.2. The molecule has 0 saturated carbocycles. The second kappa shape index (κ2) is 13.8. The van der Waals surface area contributed by atoms with Crippen molar-refractivity contribution in [2.24, 2.45) is 0 Å². The fraction of sp³-hybridized carbons (Fsp3) is 0.444. The molecule has 2 aromatic rings. The molecule has 8 heteroatoms. The Kier molecular flexibility index (Phi) is 10.5. The van der Waals surface area contributed by atoms with Gasteiger partial charge in [0.1, 0.15) is 5.75 Å². The zero-order valence-corrected chi connectivity index (χ0v) is 21.5. The molecule has 2 aromatic carbocycles. The van der Waals surface area contributed by atoms with Crippen molar-refractivity contribution < 1.29 is 14.3 Å². The minimum atomic E-state index is -0.307. The fourth-order valence-electron chi connectivity index (χ4n) is 3.86. The molecule has 0 unspecified atom stereocenters. The largest absolute Gasteiger partial charge is 0.494 e. The van der Waals surface area contributed by atoms with E-state index >= 15 is 0 Å². The first-order chi connectivity index (χ1) is 17.0. The minimum absolute atomic E-state index is 0.0000259. The van der Waals surface area contributed by atoms with Gasteiger partial charge in [-0.1, -0.05) is 38.7 Å². The first-order valence-electron chi connectivity index (χ1n) is 12.4. The van der Waals surface area contributed by atoms with Gasteiger partial charge in [0.15, 0.2) is 5.11 Å². The molecule has 0 aromatic heterocycles. The van der Waals surface area contributed by atoms with Crippen molar-refractivity contribution in [1.82, 2.24) is 15.1 Å². The van der Waals surface area contributed by atoms with Crippen molar-refractivity contribution in [3.05, 3.63) is 59.7 Å². The van der Waals surface area contributed by atoms with Crippen LogP contribution in [0.5, 0.6) is 5.75 Å². The van der Waals surface area contributed by atoms with E-state index in [-0.39, 0.29) is 16.9 Å². The number of thiocarbonyl (C=S) groups is 1. The van der Waals surface area contributed by atoms with Crippen LogP contribution in [0.2, 0.25) is 0 Å². The molecular weight excluding hydrogens is 460 g/mol. The van der Waals surface area contributed by atoms with E-state index in [2.05, 4.69) is 29.5 Å². The Bertz CT molecular complexity index is 988. The molecule has 2 amide bonds. The molecule has 188 valence electrons. The van der Waals surface area contributed by atoms with Crippen molar-refractivity contribution in [1.29, 1.82) is 0 Å². The van der Waals surface area contributed by atoms with Gasteiger partial charge in [-0.05, 0) is 68.2 Å². The number of amides is 2. The number of anilines is 1. The van der Waals surface area contributed by atoms with Gasteiger partial charge in [-0.15, -0.1) is 0 Å². The number of hydrogen-bond acceptors (Lipinski definition) is 5. The SMILES string of the molecule is CCCCCCCOc1ccc(C(=O)NC(=S)Nc2cccc(C(=O)N3CCN(C)CC3)c2)cc1. The zero-order chi connectivity index (χ0) is 25.0. The van der Waals surface area contributed by atoms with Gasteiger partial charge in [-0.3, -0.25) is 14.9 Å². The normalized spacial score (nSPS) is 13.8. The lowest BCUT2D eigenvalue weighted by Gasteiger charge is -2.32. The molecule has 0 radical (unpaired) electrons. The molecule has 1 saturated heterocycles. The van der Waals surface area contributed by atoms with Gasteiger partial charge in [0.2, 0.25) is 0 Å². The van der Waals surface area contributed by atoms with Crippen LogP contribution in [-0.2, 0) is 0 Å². The Morgan fingerprint density at radius 1 is 0.943 bits per heavy atom. The molecule has 3 rings (SSSR count). The summed E-state index contributed by atoms with van der Waals surface area (Å²) < 4.78 is 5.76. The van der Waals surface area contributed by atoms with Crippen LogP contribution in [0, 0.1) is 0 Å². The van der Waals surface area contributed by atoms with E-state index in [4.69, 9.17) is 17.0 Å². The number of nitrogens with zero attached hydrogens (tertiary/aromatic N) is 2. The van der Waals surface area contributed by atoms with Crippen LogP contribution in [-0.4, -0.2) is 66.6 Å². The lowest BCUT2D eigenvalue weighted by atomic mass is 10.1. The zero-order valence-electron chi connectivity index (χ0n) is 20.7. The van der Waals surface area contributed by atoms with Crippen LogP contribution < -0.4 is 15.4 Å². The van der Waals surface area contributed by atoms with Crippen LogP contribution in [0.15, 0.2) is 48.5 Å². The molecule has 2 N–H and O–H groups in total. The number of carbonyl (C=O) groups excluding carboxylic acids is 2. The number of nitrogens with one attached hydrogen (secondary N) is 2. The summed E-state index contributed by atoms with van der Waals surface area (Å²) in [4.78, 5) is 29.5. The maximum absolute atomic E-state index is 12.8. The van der Waals surface area contributed by atoms with Crippen molar-refractivity contribution >= 4 is 34.8 Å². The quantitative estimate of drug-likeness (QED) is 0.371. The second-order valence-electron chi connectivity index (χ2n) is 8.87. The van der Waals surface area contributed by atoms with Crippen molar-refractivity contribution in [2.75, 3.05) is 45.2 Å².